The van der Waals surface area contributed by atoms with E-state index in [1.807, 2.05) is 0 Å². The van der Waals surface area contributed by atoms with Gasteiger partial charge in [-0.05, 0) is 63.4 Å². The lowest BCUT2D eigenvalue weighted by Crippen LogP contribution is -2.41. The van der Waals surface area contributed by atoms with Gasteiger partial charge in [0.2, 0.25) is 0 Å². The van der Waals surface area contributed by atoms with Gasteiger partial charge in [-0.1, -0.05) is 6.42 Å². The molecule has 1 aliphatic heterocycles. The van der Waals surface area contributed by atoms with Crippen LogP contribution in [0.2, 0.25) is 0 Å². The Morgan fingerprint density at radius 3 is 2.83 bits per heavy atom. The molecule has 1 aromatic carbocycles. The van der Waals surface area contributed by atoms with Crippen LogP contribution in [-0.2, 0) is 10.0 Å². The van der Waals surface area contributed by atoms with Gasteiger partial charge in [0.25, 0.3) is 10.0 Å². The average molecular weight is 456 g/mol. The number of hydrogen-bond donors (Lipinski definition) is 4. The first-order chi connectivity index (χ1) is 14.5. The molecule has 2 aromatic rings. The van der Waals surface area contributed by atoms with Gasteiger partial charge < -0.3 is 16.0 Å². The van der Waals surface area contributed by atoms with Crippen molar-refractivity contribution in [3.05, 3.63) is 35.1 Å². The van der Waals surface area contributed by atoms with Crippen molar-refractivity contribution in [3.63, 3.8) is 0 Å². The number of sulfonamides is 1. The van der Waals surface area contributed by atoms with Crippen molar-refractivity contribution in [2.24, 2.45) is 0 Å². The third kappa shape index (κ3) is 6.63. The van der Waals surface area contributed by atoms with Crippen LogP contribution in [0.4, 0.5) is 15.2 Å². The van der Waals surface area contributed by atoms with Gasteiger partial charge in [-0.15, -0.1) is 11.3 Å². The van der Waals surface area contributed by atoms with Crippen molar-refractivity contribution >= 4 is 32.2 Å². The van der Waals surface area contributed by atoms with Crippen molar-refractivity contribution in [2.45, 2.75) is 50.0 Å². The lowest BCUT2D eigenvalue weighted by molar-refractivity contribution is 0.383. The van der Waals surface area contributed by atoms with Crippen molar-refractivity contribution in [3.8, 4) is 0 Å². The highest BCUT2D eigenvalue weighted by Crippen LogP contribution is 2.26. The van der Waals surface area contributed by atoms with E-state index >= 15 is 0 Å². The van der Waals surface area contributed by atoms with Crippen LogP contribution in [0.15, 0.2) is 28.6 Å². The lowest BCUT2D eigenvalue weighted by Gasteiger charge is -2.23. The molecular formula is C20H30FN5O2S2. The molecule has 0 amide bonds. The molecule has 0 radical (unpaired) electrons. The molecule has 1 saturated heterocycles. The van der Waals surface area contributed by atoms with Crippen molar-refractivity contribution in [1.82, 2.24) is 15.6 Å². The Balaban J connectivity index is 1.43. The second-order valence-electron chi connectivity index (χ2n) is 7.53. The Hall–Kier alpha value is -1.75. The van der Waals surface area contributed by atoms with E-state index in [0.29, 0.717) is 23.8 Å². The predicted octanol–water partition coefficient (Wildman–Crippen LogP) is 3.32. The fourth-order valence-corrected chi connectivity index (χ4v) is 5.40. The fourth-order valence-electron chi connectivity index (χ4n) is 3.47. The van der Waals surface area contributed by atoms with Crippen LogP contribution >= 0.6 is 11.3 Å². The van der Waals surface area contributed by atoms with Gasteiger partial charge in [0.05, 0.1) is 0 Å². The van der Waals surface area contributed by atoms with Gasteiger partial charge in [-0.3, -0.25) is 4.72 Å². The van der Waals surface area contributed by atoms with E-state index < -0.39 is 15.8 Å². The van der Waals surface area contributed by atoms with Crippen LogP contribution in [0.25, 0.3) is 0 Å². The van der Waals surface area contributed by atoms with Gasteiger partial charge in [-0.25, -0.2) is 17.8 Å². The van der Waals surface area contributed by atoms with Crippen molar-refractivity contribution in [1.29, 1.82) is 0 Å². The second kappa shape index (κ2) is 11.0. The third-order valence-electron chi connectivity index (χ3n) is 5.12. The molecule has 1 aromatic heterocycles. The predicted molar refractivity (Wildman–Crippen MR) is 120 cm³/mol. The van der Waals surface area contributed by atoms with Crippen LogP contribution in [0.1, 0.15) is 37.7 Å². The molecule has 1 aliphatic rings. The molecule has 7 nitrogen and oxygen atoms in total. The number of anilines is 2. The van der Waals surface area contributed by atoms with Crippen molar-refractivity contribution in [2.75, 3.05) is 36.2 Å². The summed E-state index contributed by atoms with van der Waals surface area (Å²) >= 11 is 1.14. The Kier molecular flexibility index (Phi) is 8.43. The highest BCUT2D eigenvalue weighted by atomic mass is 32.2. The summed E-state index contributed by atoms with van der Waals surface area (Å²) in [5.41, 5.74) is 1.29. The number of thiazole rings is 1. The van der Waals surface area contributed by atoms with Crippen molar-refractivity contribution < 1.29 is 12.8 Å². The summed E-state index contributed by atoms with van der Waals surface area (Å²) in [6.07, 6.45) is 7.27. The van der Waals surface area contributed by atoms with E-state index in [0.717, 1.165) is 43.8 Å². The van der Waals surface area contributed by atoms with Crippen LogP contribution < -0.4 is 20.7 Å². The molecule has 1 fully saturated rings. The molecule has 0 aliphatic carbocycles. The summed E-state index contributed by atoms with van der Waals surface area (Å²) in [7, 11) is -4.02. The molecule has 4 N–H and O–H groups in total. The molecule has 1 atom stereocenters. The van der Waals surface area contributed by atoms with Gasteiger partial charge in [-0.2, -0.15) is 0 Å². The Morgan fingerprint density at radius 1 is 1.27 bits per heavy atom. The molecule has 2 heterocycles. The molecule has 0 unspecified atom stereocenters. The van der Waals surface area contributed by atoms with Gasteiger partial charge in [0.15, 0.2) is 5.13 Å². The number of hydrogen-bond acceptors (Lipinski definition) is 7. The zero-order valence-corrected chi connectivity index (χ0v) is 18.8. The summed E-state index contributed by atoms with van der Waals surface area (Å²) in [6.45, 7) is 5.54. The van der Waals surface area contributed by atoms with Gasteiger partial charge >= 0.3 is 0 Å². The second-order valence-corrected chi connectivity index (χ2v) is 10.1. The first kappa shape index (κ1) is 22.9. The lowest BCUT2D eigenvalue weighted by atomic mass is 10.1. The van der Waals surface area contributed by atoms with Crippen LogP contribution in [-0.4, -0.2) is 45.6 Å². The molecule has 0 saturated carbocycles. The summed E-state index contributed by atoms with van der Waals surface area (Å²) in [6, 6.07) is 3.19. The standard InChI is InChI=1S/C20H30FN5O2S2/c1-15-12-19(30(27,28)26-20-25-10-11-29-20)17(21)13-18(15)24-9-5-4-7-22-14-16-6-2-3-8-23-16/h10-13,16,22-24H,2-9,14H2,1H3,(H,25,26)/t16-/m0/s1. The zero-order valence-electron chi connectivity index (χ0n) is 17.2. The molecule has 10 heteroatoms. The Morgan fingerprint density at radius 2 is 2.10 bits per heavy atom. The highest BCUT2D eigenvalue weighted by Gasteiger charge is 2.21. The molecule has 166 valence electrons. The summed E-state index contributed by atoms with van der Waals surface area (Å²) in [5.74, 6) is -0.784. The van der Waals surface area contributed by atoms with E-state index in [1.54, 1.807) is 12.3 Å². The van der Waals surface area contributed by atoms with E-state index in [1.165, 1.54) is 37.6 Å². The number of rotatable bonds is 11. The maximum Gasteiger partial charge on any atom is 0.266 e. The zero-order chi connectivity index (χ0) is 21.4. The maximum atomic E-state index is 14.5. The minimum absolute atomic E-state index is 0.210. The molecule has 3 rings (SSSR count). The fraction of sp³-hybridized carbons (Fsp3) is 0.550. The molecular weight excluding hydrogens is 425 g/mol. The third-order valence-corrected chi connectivity index (χ3v) is 7.29. The van der Waals surface area contributed by atoms with Crippen LogP contribution in [0.5, 0.6) is 0 Å². The summed E-state index contributed by atoms with van der Waals surface area (Å²) in [5, 5.41) is 12.1. The first-order valence-electron chi connectivity index (χ1n) is 10.4. The smallest absolute Gasteiger partial charge is 0.266 e. The molecule has 30 heavy (non-hydrogen) atoms. The minimum atomic E-state index is -4.02. The van der Waals surface area contributed by atoms with E-state index in [2.05, 4.69) is 25.7 Å². The van der Waals surface area contributed by atoms with E-state index in [4.69, 9.17) is 0 Å². The van der Waals surface area contributed by atoms with Gasteiger partial charge in [0.1, 0.15) is 10.7 Å². The Labute approximate surface area is 181 Å². The number of piperidine rings is 1. The number of halogens is 1. The molecule has 0 spiro atoms. The number of nitrogens with zero attached hydrogens (tertiary/aromatic N) is 1. The number of nitrogens with one attached hydrogen (secondary N) is 4. The topological polar surface area (TPSA) is 95.2 Å². The highest BCUT2D eigenvalue weighted by molar-refractivity contribution is 7.93. The minimum Gasteiger partial charge on any atom is -0.385 e. The summed E-state index contributed by atoms with van der Waals surface area (Å²) in [4.78, 5) is 3.51. The Bertz CT molecular complexity index is 900. The summed E-state index contributed by atoms with van der Waals surface area (Å²) < 4.78 is 41.7. The van der Waals surface area contributed by atoms with Crippen LogP contribution in [0.3, 0.4) is 0 Å². The first-order valence-corrected chi connectivity index (χ1v) is 12.7. The van der Waals surface area contributed by atoms with E-state index in [9.17, 15) is 12.8 Å². The normalized spacial score (nSPS) is 17.1. The largest absolute Gasteiger partial charge is 0.385 e. The monoisotopic (exact) mass is 455 g/mol. The van der Waals surface area contributed by atoms with E-state index in [-0.39, 0.29) is 10.0 Å². The van der Waals surface area contributed by atoms with Crippen LogP contribution in [0, 0.1) is 12.7 Å². The number of aromatic nitrogens is 1. The average Bonchev–Trinajstić information content (AvgIpc) is 3.22. The number of benzene rings is 1. The number of aryl methyl sites for hydroxylation is 1. The number of unbranched alkanes of at least 4 members (excludes halogenated alkanes) is 1. The molecule has 0 bridgehead atoms. The SMILES string of the molecule is Cc1cc(S(=O)(=O)Nc2nccs2)c(F)cc1NCCCCNC[C@@H]1CCCCN1. The van der Waals surface area contributed by atoms with Gasteiger partial charge in [0, 0.05) is 36.4 Å². The quantitative estimate of drug-likeness (QED) is 0.388. The maximum absolute atomic E-state index is 14.5.